The number of thiazole rings is 1. The zero-order chi connectivity index (χ0) is 42.4. The molecule has 2 aliphatic carbocycles. The molecule has 2 atom stereocenters. The van der Waals surface area contributed by atoms with Crippen LogP contribution in [0.2, 0.25) is 0 Å². The summed E-state index contributed by atoms with van der Waals surface area (Å²) in [4.78, 5) is 51.5. The van der Waals surface area contributed by atoms with Gasteiger partial charge in [-0.25, -0.2) is 9.97 Å². The predicted octanol–water partition coefficient (Wildman–Crippen LogP) is 10.3. The molecule has 8 rings (SSSR count). The van der Waals surface area contributed by atoms with Crippen LogP contribution in [-0.4, -0.2) is 56.4 Å². The molecule has 4 heterocycles. The van der Waals surface area contributed by atoms with Crippen molar-refractivity contribution in [2.75, 3.05) is 29.1 Å². The van der Waals surface area contributed by atoms with Crippen molar-refractivity contribution in [1.82, 2.24) is 24.5 Å². The third-order valence-corrected chi connectivity index (χ3v) is 13.9. The van der Waals surface area contributed by atoms with Gasteiger partial charge in [0.2, 0.25) is 0 Å². The molecular formula is C47H59N7O4S2. The van der Waals surface area contributed by atoms with Gasteiger partial charge in [-0.05, 0) is 123 Å². The minimum atomic E-state index is -0.306. The lowest BCUT2D eigenvalue weighted by Gasteiger charge is -2.47. The molecule has 2 unspecified atom stereocenters. The van der Waals surface area contributed by atoms with Gasteiger partial charge in [0.05, 0.1) is 23.0 Å². The zero-order valence-electron chi connectivity index (χ0n) is 35.9. The normalized spacial score (nSPS) is 20.8. The van der Waals surface area contributed by atoms with Crippen molar-refractivity contribution in [3.05, 3.63) is 88.9 Å². The van der Waals surface area contributed by atoms with Crippen LogP contribution >= 0.6 is 23.3 Å². The predicted molar refractivity (Wildman–Crippen MR) is 243 cm³/mol. The highest BCUT2D eigenvalue weighted by Gasteiger charge is 2.41. The van der Waals surface area contributed by atoms with Gasteiger partial charge in [0.15, 0.2) is 5.13 Å². The van der Waals surface area contributed by atoms with E-state index in [4.69, 9.17) is 14.8 Å². The van der Waals surface area contributed by atoms with Crippen LogP contribution in [0.3, 0.4) is 0 Å². The summed E-state index contributed by atoms with van der Waals surface area (Å²) < 4.78 is 11.2. The molecular weight excluding hydrogens is 791 g/mol. The van der Waals surface area contributed by atoms with E-state index in [9.17, 15) is 14.4 Å². The maximum Gasteiger partial charge on any atom is 0.305 e. The molecule has 3 aromatic heterocycles. The van der Waals surface area contributed by atoms with Gasteiger partial charge in [-0.3, -0.25) is 29.1 Å². The highest BCUT2D eigenvalue weighted by molar-refractivity contribution is 7.97. The maximum absolute atomic E-state index is 14.1. The van der Waals surface area contributed by atoms with Crippen LogP contribution in [0.1, 0.15) is 117 Å². The molecule has 2 N–H and O–H groups in total. The number of benzene rings is 2. The maximum atomic E-state index is 14.1. The minimum absolute atomic E-state index is 0.180. The molecule has 0 radical (unpaired) electrons. The number of pyridine rings is 1. The van der Waals surface area contributed by atoms with Gasteiger partial charge in [-0.1, -0.05) is 75.2 Å². The Bertz CT molecular complexity index is 2270. The third kappa shape index (κ3) is 9.89. The SMILES string of the molecule is CC.CCOC(=O)CCCSNC(=O)c1nc(N2CCc3cccc(C(=O)Nc4nc5ccccc5s4)c3C2)ccc1-c1cnn(CC2(C)CC3CC(C)CC(C3)C2)c1C. The molecule has 2 bridgehead atoms. The molecule has 1 aliphatic heterocycles. The quantitative estimate of drug-likeness (QED) is 0.0675. The lowest BCUT2D eigenvalue weighted by molar-refractivity contribution is -0.143. The number of amides is 2. The summed E-state index contributed by atoms with van der Waals surface area (Å²) in [7, 11) is 0. The van der Waals surface area contributed by atoms with E-state index in [1.807, 2.05) is 68.6 Å². The monoisotopic (exact) mass is 849 g/mol. The summed E-state index contributed by atoms with van der Waals surface area (Å²) in [6.07, 6.45) is 9.96. The molecule has 2 fully saturated rings. The van der Waals surface area contributed by atoms with Gasteiger partial charge in [0, 0.05) is 54.2 Å². The van der Waals surface area contributed by atoms with Crippen molar-refractivity contribution in [3.63, 3.8) is 0 Å². The first-order valence-electron chi connectivity index (χ1n) is 21.7. The topological polar surface area (TPSA) is 131 Å². The Balaban J connectivity index is 0.00000268. The summed E-state index contributed by atoms with van der Waals surface area (Å²) in [6, 6.07) is 17.7. The fourth-order valence-electron chi connectivity index (χ4n) is 9.85. The Kier molecular flexibility index (Phi) is 14.0. The standard InChI is InChI=1S/C45H53N7O4S2.C2H6/c1-5-56-40(53)14-9-19-57-50-43(55)41-33(35-25-46-52(29(35)3)27-45(4)23-30-20-28(2)21-31(22-30)24-45)15-16-39(48-41)51-18-17-32-10-8-11-34(36(32)26-51)42(54)49-44-47-37-12-6-7-13-38(37)58-44;1-2/h6-8,10-13,15-16,25,28,30-31H,5,9,14,17-24,26-27H2,1-4H3,(H,50,55)(H,47,49,54);1-2H3. The molecule has 0 spiro atoms. The molecule has 2 amide bonds. The van der Waals surface area contributed by atoms with Crippen molar-refractivity contribution in [3.8, 4) is 11.1 Å². The van der Waals surface area contributed by atoms with Crippen LogP contribution in [0.4, 0.5) is 10.9 Å². The molecule has 3 aliphatic rings. The molecule has 0 saturated heterocycles. The van der Waals surface area contributed by atoms with Gasteiger partial charge in [-0.15, -0.1) is 0 Å². The van der Waals surface area contributed by atoms with E-state index in [1.54, 1.807) is 6.92 Å². The van der Waals surface area contributed by atoms with Crippen LogP contribution in [0.5, 0.6) is 0 Å². The van der Waals surface area contributed by atoms with Crippen LogP contribution in [0, 0.1) is 30.1 Å². The lowest BCUT2D eigenvalue weighted by Crippen LogP contribution is -2.38. The van der Waals surface area contributed by atoms with E-state index in [0.717, 1.165) is 68.9 Å². The van der Waals surface area contributed by atoms with Crippen molar-refractivity contribution < 1.29 is 19.1 Å². The van der Waals surface area contributed by atoms with Crippen molar-refractivity contribution in [2.24, 2.45) is 23.2 Å². The van der Waals surface area contributed by atoms with Gasteiger partial charge in [-0.2, -0.15) is 5.10 Å². The second-order valence-corrected chi connectivity index (χ2v) is 18.8. The number of aromatic nitrogens is 4. The number of ether oxygens (including phenoxy) is 1. The van der Waals surface area contributed by atoms with E-state index >= 15 is 0 Å². The second-order valence-electron chi connectivity index (χ2n) is 16.9. The number of nitrogens with one attached hydrogen (secondary N) is 2. The van der Waals surface area contributed by atoms with Gasteiger partial charge >= 0.3 is 5.97 Å². The Labute approximate surface area is 362 Å². The molecule has 2 saturated carbocycles. The van der Waals surface area contributed by atoms with E-state index in [-0.39, 0.29) is 23.2 Å². The number of carbonyl (C=O) groups excluding carboxylic acids is 3. The number of fused-ring (bicyclic) bond motifs is 4. The average Bonchev–Trinajstić information content (AvgIpc) is 3.81. The van der Waals surface area contributed by atoms with Gasteiger partial charge < -0.3 is 9.64 Å². The molecule has 60 heavy (non-hydrogen) atoms. The molecule has 2 aromatic carbocycles. The summed E-state index contributed by atoms with van der Waals surface area (Å²) in [6.45, 7) is 15.1. The average molecular weight is 850 g/mol. The van der Waals surface area contributed by atoms with E-state index in [2.05, 4.69) is 51.4 Å². The van der Waals surface area contributed by atoms with Gasteiger partial charge in [0.1, 0.15) is 11.5 Å². The van der Waals surface area contributed by atoms with E-state index < -0.39 is 0 Å². The lowest BCUT2D eigenvalue weighted by atomic mass is 9.59. The first kappa shape index (κ1) is 43.3. The minimum Gasteiger partial charge on any atom is -0.466 e. The highest BCUT2D eigenvalue weighted by Crippen LogP contribution is 2.51. The van der Waals surface area contributed by atoms with Crippen molar-refractivity contribution in [1.29, 1.82) is 0 Å². The molecule has 318 valence electrons. The highest BCUT2D eigenvalue weighted by atomic mass is 32.2. The Hall–Kier alpha value is -4.75. The Morgan fingerprint density at radius 3 is 2.52 bits per heavy atom. The summed E-state index contributed by atoms with van der Waals surface area (Å²) in [5.41, 5.74) is 6.65. The van der Waals surface area contributed by atoms with Crippen molar-refractivity contribution in [2.45, 2.75) is 106 Å². The number of nitrogens with zero attached hydrogens (tertiary/aromatic N) is 5. The summed E-state index contributed by atoms with van der Waals surface area (Å²) in [5, 5.41) is 8.52. The largest absolute Gasteiger partial charge is 0.466 e. The van der Waals surface area contributed by atoms with Crippen LogP contribution in [-0.2, 0) is 29.0 Å². The van der Waals surface area contributed by atoms with Crippen molar-refractivity contribution >= 4 is 62.2 Å². The van der Waals surface area contributed by atoms with Crippen LogP contribution in [0.15, 0.2) is 60.8 Å². The Morgan fingerprint density at radius 2 is 1.75 bits per heavy atom. The first-order chi connectivity index (χ1) is 29.1. The summed E-state index contributed by atoms with van der Waals surface area (Å²) in [5.74, 6) is 2.87. The fraction of sp³-hybridized carbons (Fsp3) is 0.489. The fourth-order valence-corrected chi connectivity index (χ4v) is 11.3. The molecule has 13 heteroatoms. The number of hydrogen-bond donors (Lipinski definition) is 2. The first-order valence-corrected chi connectivity index (χ1v) is 23.5. The number of para-hydroxylation sites is 1. The van der Waals surface area contributed by atoms with Crippen LogP contribution < -0.4 is 14.9 Å². The third-order valence-electron chi connectivity index (χ3n) is 12.2. The molecule has 11 nitrogen and oxygen atoms in total. The zero-order valence-corrected chi connectivity index (χ0v) is 37.5. The number of rotatable bonds is 13. The number of esters is 1. The Morgan fingerprint density at radius 1 is 0.967 bits per heavy atom. The second kappa shape index (κ2) is 19.3. The van der Waals surface area contributed by atoms with Gasteiger partial charge in [0.25, 0.3) is 11.8 Å². The smallest absolute Gasteiger partial charge is 0.305 e. The van der Waals surface area contributed by atoms with Crippen LogP contribution in [0.25, 0.3) is 21.3 Å². The van der Waals surface area contributed by atoms with E-state index in [0.29, 0.717) is 60.5 Å². The number of anilines is 2. The molecule has 5 aromatic rings. The number of hydrogen-bond acceptors (Lipinski definition) is 10. The number of carbonyl (C=O) groups is 3. The van der Waals surface area contributed by atoms with E-state index in [1.165, 1.54) is 55.4 Å². The summed E-state index contributed by atoms with van der Waals surface area (Å²) >= 11 is 2.72.